The summed E-state index contributed by atoms with van der Waals surface area (Å²) in [5.74, 6) is 1.44. The topological polar surface area (TPSA) is 96.9 Å². The van der Waals surface area contributed by atoms with Crippen molar-refractivity contribution >= 4 is 28.5 Å². The molecule has 0 radical (unpaired) electrons. The van der Waals surface area contributed by atoms with Crippen LogP contribution in [0.15, 0.2) is 71.5 Å². The zero-order valence-electron chi connectivity index (χ0n) is 24.8. The lowest BCUT2D eigenvalue weighted by molar-refractivity contribution is -0.131. The minimum Gasteiger partial charge on any atom is -0.493 e. The lowest BCUT2D eigenvalue weighted by atomic mass is 9.87. The average molecular weight is 583 g/mol. The molecule has 1 N–H and O–H groups in total. The number of H-pyrrole nitrogens is 1. The van der Waals surface area contributed by atoms with Gasteiger partial charge in [0, 0.05) is 50.6 Å². The van der Waals surface area contributed by atoms with E-state index in [0.717, 1.165) is 47.1 Å². The molecule has 0 saturated heterocycles. The molecule has 0 aliphatic carbocycles. The monoisotopic (exact) mass is 582 g/mol. The van der Waals surface area contributed by atoms with Gasteiger partial charge >= 0.3 is 5.69 Å². The Hall–Kier alpha value is -4.53. The number of para-hydroxylation sites is 3. The third-order valence-electron chi connectivity index (χ3n) is 8.78. The Labute approximate surface area is 251 Å². The Morgan fingerprint density at radius 3 is 2.67 bits per heavy atom. The summed E-state index contributed by atoms with van der Waals surface area (Å²) in [4.78, 5) is 46.1. The van der Waals surface area contributed by atoms with Gasteiger partial charge in [0.2, 0.25) is 11.8 Å². The van der Waals surface area contributed by atoms with E-state index in [4.69, 9.17) is 9.47 Å². The van der Waals surface area contributed by atoms with Crippen LogP contribution in [0.4, 0.5) is 5.69 Å². The first-order chi connectivity index (χ1) is 20.9. The molecule has 1 aromatic heterocycles. The molecule has 2 aliphatic rings. The summed E-state index contributed by atoms with van der Waals surface area (Å²) in [6, 6.07) is 21.6. The van der Waals surface area contributed by atoms with Crippen LogP contribution < -0.4 is 20.1 Å². The van der Waals surface area contributed by atoms with Gasteiger partial charge in [-0.25, -0.2) is 4.79 Å². The zero-order valence-corrected chi connectivity index (χ0v) is 24.8. The van der Waals surface area contributed by atoms with Crippen molar-refractivity contribution < 1.29 is 19.1 Å². The number of carbonyl (C=O) groups is 2. The second kappa shape index (κ2) is 12.4. The molecule has 9 heteroatoms. The minimum atomic E-state index is -0.208. The molecule has 0 spiro atoms. The van der Waals surface area contributed by atoms with E-state index >= 15 is 0 Å². The van der Waals surface area contributed by atoms with E-state index in [2.05, 4.69) is 11.1 Å². The highest BCUT2D eigenvalue weighted by atomic mass is 16.5. The van der Waals surface area contributed by atoms with Crippen LogP contribution in [-0.2, 0) is 22.6 Å². The van der Waals surface area contributed by atoms with Crippen LogP contribution >= 0.6 is 0 Å². The lowest BCUT2D eigenvalue weighted by Gasteiger charge is -2.31. The Bertz CT molecular complexity index is 1690. The molecule has 9 nitrogen and oxygen atoms in total. The van der Waals surface area contributed by atoms with Gasteiger partial charge in [-0.3, -0.25) is 14.2 Å². The van der Waals surface area contributed by atoms with Crippen molar-refractivity contribution in [3.05, 3.63) is 88.3 Å². The highest BCUT2D eigenvalue weighted by Gasteiger charge is 2.40. The Balaban J connectivity index is 1.28. The van der Waals surface area contributed by atoms with E-state index in [1.807, 2.05) is 70.5 Å². The molecule has 2 aliphatic heterocycles. The highest BCUT2D eigenvalue weighted by Crippen LogP contribution is 2.44. The average Bonchev–Trinajstić information content (AvgIpc) is 3.50. The summed E-state index contributed by atoms with van der Waals surface area (Å²) in [7, 11) is 1.63. The Morgan fingerprint density at radius 1 is 1.02 bits per heavy atom. The van der Waals surface area contributed by atoms with Crippen LogP contribution in [0.1, 0.15) is 49.7 Å². The van der Waals surface area contributed by atoms with Gasteiger partial charge in [0.25, 0.3) is 0 Å². The van der Waals surface area contributed by atoms with Gasteiger partial charge in [0.1, 0.15) is 0 Å². The number of aromatic amines is 1. The summed E-state index contributed by atoms with van der Waals surface area (Å²) >= 11 is 0. The number of fused-ring (bicyclic) bond motifs is 6. The number of hydrogen-bond donors (Lipinski definition) is 1. The number of benzene rings is 3. The van der Waals surface area contributed by atoms with Crippen molar-refractivity contribution in [1.82, 2.24) is 14.5 Å². The maximum absolute atomic E-state index is 13.7. The zero-order chi connectivity index (χ0) is 29.9. The molecule has 0 fully saturated rings. The smallest absolute Gasteiger partial charge is 0.326 e. The van der Waals surface area contributed by atoms with Gasteiger partial charge in [-0.05, 0) is 67.1 Å². The second-order valence-electron chi connectivity index (χ2n) is 11.4. The second-order valence-corrected chi connectivity index (χ2v) is 11.4. The number of anilines is 1. The van der Waals surface area contributed by atoms with E-state index in [0.29, 0.717) is 44.2 Å². The van der Waals surface area contributed by atoms with Gasteiger partial charge in [-0.1, -0.05) is 36.4 Å². The van der Waals surface area contributed by atoms with Crippen molar-refractivity contribution in [1.29, 1.82) is 0 Å². The summed E-state index contributed by atoms with van der Waals surface area (Å²) in [6.45, 7) is 3.59. The molecule has 6 rings (SSSR count). The molecular weight excluding hydrogens is 544 g/mol. The van der Waals surface area contributed by atoms with E-state index < -0.39 is 0 Å². The number of nitrogens with zero attached hydrogens (tertiary/aromatic N) is 3. The van der Waals surface area contributed by atoms with Crippen LogP contribution in [0, 0.1) is 0 Å². The van der Waals surface area contributed by atoms with Crippen LogP contribution in [0.25, 0.3) is 11.0 Å². The maximum atomic E-state index is 13.7. The van der Waals surface area contributed by atoms with Gasteiger partial charge < -0.3 is 24.3 Å². The van der Waals surface area contributed by atoms with Crippen molar-refractivity contribution in [3.8, 4) is 11.5 Å². The first kappa shape index (κ1) is 28.6. The van der Waals surface area contributed by atoms with Gasteiger partial charge in [0.05, 0.1) is 24.8 Å². The molecule has 0 saturated carbocycles. The van der Waals surface area contributed by atoms with Crippen molar-refractivity contribution in [2.75, 3.05) is 31.7 Å². The predicted octanol–water partition coefficient (Wildman–Crippen LogP) is 4.88. The summed E-state index contributed by atoms with van der Waals surface area (Å²) in [5.41, 5.74) is 4.50. The Morgan fingerprint density at radius 2 is 1.84 bits per heavy atom. The lowest BCUT2D eigenvalue weighted by Crippen LogP contribution is -2.41. The molecule has 2 bridgehead atoms. The SMILES string of the molecule is COc1ccc2cc1OCCCCN(C(=O)CCn1c(=O)[nH]c3ccccc31)CC[C@@H]1c3ccccc3N(C(C)=O)[C@@H]1C2. The fourth-order valence-corrected chi connectivity index (χ4v) is 6.71. The molecule has 224 valence electrons. The minimum absolute atomic E-state index is 0.00292. The van der Waals surface area contributed by atoms with Gasteiger partial charge in [-0.2, -0.15) is 0 Å². The third kappa shape index (κ3) is 5.76. The number of hydrogen-bond acceptors (Lipinski definition) is 5. The van der Waals surface area contributed by atoms with Crippen LogP contribution in [0.5, 0.6) is 11.5 Å². The molecule has 4 aromatic rings. The number of imidazole rings is 1. The number of amides is 2. The van der Waals surface area contributed by atoms with Crippen LogP contribution in [0.2, 0.25) is 0 Å². The standard InChI is InChI=1S/C34H38N4O5/c1-23(39)38-28-11-5-3-9-25(28)26-15-18-36(33(40)16-19-37-29-12-6-4-10-27(29)35-34(37)41)17-7-8-20-43-32-22-24(21-30(26)38)13-14-31(32)42-2/h3-6,9-14,22,26,30H,7-8,15-21H2,1-2H3,(H,35,41)/t26-,30-/m1/s1. The van der Waals surface area contributed by atoms with Crippen LogP contribution in [-0.4, -0.2) is 59.1 Å². The maximum Gasteiger partial charge on any atom is 0.326 e. The fourth-order valence-electron chi connectivity index (χ4n) is 6.71. The first-order valence-electron chi connectivity index (χ1n) is 15.1. The third-order valence-corrected chi connectivity index (χ3v) is 8.78. The van der Waals surface area contributed by atoms with Gasteiger partial charge in [0.15, 0.2) is 11.5 Å². The largest absolute Gasteiger partial charge is 0.493 e. The van der Waals surface area contributed by atoms with Crippen molar-refractivity contribution in [2.45, 2.75) is 57.5 Å². The van der Waals surface area contributed by atoms with E-state index in [1.165, 1.54) is 0 Å². The number of aromatic nitrogens is 2. The summed E-state index contributed by atoms with van der Waals surface area (Å²) < 4.78 is 13.4. The van der Waals surface area contributed by atoms with E-state index in [9.17, 15) is 14.4 Å². The Kier molecular flexibility index (Phi) is 8.22. The number of ether oxygens (including phenoxy) is 2. The van der Waals surface area contributed by atoms with Gasteiger partial charge in [-0.15, -0.1) is 0 Å². The number of aryl methyl sites for hydroxylation is 1. The molecule has 43 heavy (non-hydrogen) atoms. The van der Waals surface area contributed by atoms with E-state index in [1.54, 1.807) is 18.6 Å². The quantitative estimate of drug-likeness (QED) is 0.370. The number of nitrogens with one attached hydrogen (secondary N) is 1. The molecule has 3 heterocycles. The fraction of sp³-hybridized carbons (Fsp3) is 0.382. The first-order valence-corrected chi connectivity index (χ1v) is 15.1. The molecule has 2 atom stereocenters. The van der Waals surface area contributed by atoms with E-state index in [-0.39, 0.29) is 35.9 Å². The normalized spacial score (nSPS) is 18.8. The molecular formula is C34H38N4O5. The molecule has 3 aromatic carbocycles. The highest BCUT2D eigenvalue weighted by molar-refractivity contribution is 5.95. The van der Waals surface area contributed by atoms with Crippen LogP contribution in [0.3, 0.4) is 0 Å². The molecule has 0 unspecified atom stereocenters. The number of rotatable bonds is 4. The molecule has 2 amide bonds. The van der Waals surface area contributed by atoms with Crippen molar-refractivity contribution in [3.63, 3.8) is 0 Å². The number of carbonyl (C=O) groups excluding carboxylic acids is 2. The summed E-state index contributed by atoms with van der Waals surface area (Å²) in [5, 5.41) is 0. The number of methoxy groups -OCH3 is 1. The summed E-state index contributed by atoms with van der Waals surface area (Å²) in [6.07, 6.45) is 3.17. The predicted molar refractivity (Wildman–Crippen MR) is 166 cm³/mol. The van der Waals surface area contributed by atoms with Crippen molar-refractivity contribution in [2.24, 2.45) is 0 Å².